The number of anilines is 1. The quantitative estimate of drug-likeness (QED) is 0.526. The second kappa shape index (κ2) is 9.62. The van der Waals surface area contributed by atoms with Crippen molar-refractivity contribution in [3.63, 3.8) is 0 Å². The molecule has 2 N–H and O–H groups in total. The Kier molecular flexibility index (Phi) is 6.85. The van der Waals surface area contributed by atoms with Crippen molar-refractivity contribution in [3.05, 3.63) is 70.7 Å². The van der Waals surface area contributed by atoms with Crippen molar-refractivity contribution >= 4 is 33.3 Å². The average molecular weight is 530 g/mol. The smallest absolute Gasteiger partial charge is 0.325 e. The lowest BCUT2D eigenvalue weighted by Crippen LogP contribution is -2.43. The van der Waals surface area contributed by atoms with Crippen LogP contribution in [0, 0.1) is 11.2 Å². The van der Waals surface area contributed by atoms with E-state index in [-0.39, 0.29) is 52.9 Å². The van der Waals surface area contributed by atoms with E-state index in [0.29, 0.717) is 5.56 Å². The molecular weight excluding hydrogens is 501 g/mol. The Morgan fingerprint density at radius 2 is 1.86 bits per heavy atom. The van der Waals surface area contributed by atoms with Crippen molar-refractivity contribution in [1.29, 1.82) is 0 Å². The Morgan fingerprint density at radius 1 is 1.19 bits per heavy atom. The molecule has 0 saturated heterocycles. The fourth-order valence-electron chi connectivity index (χ4n) is 4.62. The molecule has 2 aliphatic heterocycles. The minimum Gasteiger partial charge on any atom is -0.509 e. The van der Waals surface area contributed by atoms with E-state index in [2.05, 4.69) is 9.71 Å². The maximum Gasteiger partial charge on any atom is 0.325 e. The lowest BCUT2D eigenvalue weighted by molar-refractivity contribution is -0.141. The van der Waals surface area contributed by atoms with Gasteiger partial charge in [0.05, 0.1) is 18.3 Å². The zero-order valence-electron chi connectivity index (χ0n) is 20.9. The number of aliphatic hydroxyl groups excluding tert-OH is 1. The molecule has 0 spiro atoms. The Balaban J connectivity index is 1.76. The number of esters is 1. The summed E-state index contributed by atoms with van der Waals surface area (Å²) in [5, 5.41) is 14.1. The molecule has 37 heavy (non-hydrogen) atoms. The molecule has 0 aliphatic carbocycles. The van der Waals surface area contributed by atoms with Crippen LogP contribution in [0.15, 0.2) is 63.1 Å². The Hall–Kier alpha value is -3.73. The standard InChI is InChI=1S/C26H28FN3O6S/c1-5-36-19(31)13-28-18-8-6-7-17-21(29-37(34,35)23(17)18)20-22(32)24(26(2,3)4)30(25(20)33)14-15-9-11-16(27)12-10-15/h6-12,24,28,32H,5,13-14H2,1-4H3/t24-/m1/s1. The van der Waals surface area contributed by atoms with Crippen molar-refractivity contribution in [2.45, 2.75) is 45.2 Å². The number of hydrogen-bond donors (Lipinski definition) is 2. The zero-order valence-corrected chi connectivity index (χ0v) is 21.7. The summed E-state index contributed by atoms with van der Waals surface area (Å²) in [7, 11) is -4.25. The predicted octanol–water partition coefficient (Wildman–Crippen LogP) is 3.56. The molecule has 0 aromatic heterocycles. The number of sulfonamides is 1. The van der Waals surface area contributed by atoms with Crippen LogP contribution in [0.3, 0.4) is 0 Å². The molecule has 0 bridgehead atoms. The number of carbonyl (C=O) groups is 2. The molecule has 2 aromatic rings. The number of carbonyl (C=O) groups excluding carboxylic acids is 2. The first-order valence-corrected chi connectivity index (χ1v) is 13.2. The van der Waals surface area contributed by atoms with Gasteiger partial charge in [-0.3, -0.25) is 9.59 Å². The average Bonchev–Trinajstić information content (AvgIpc) is 3.23. The Morgan fingerprint density at radius 3 is 2.49 bits per heavy atom. The SMILES string of the molecule is CCOC(=O)CNc1cccc2c1S(=O)(=O)N=C2C1=C(O)[C@H](C(C)(C)C)N(Cc2ccc(F)cc2)C1=O. The van der Waals surface area contributed by atoms with E-state index in [1.807, 2.05) is 20.8 Å². The predicted molar refractivity (Wildman–Crippen MR) is 135 cm³/mol. The van der Waals surface area contributed by atoms with Gasteiger partial charge >= 0.3 is 5.97 Å². The van der Waals surface area contributed by atoms with Gasteiger partial charge in [-0.2, -0.15) is 12.8 Å². The molecule has 1 atom stereocenters. The van der Waals surface area contributed by atoms with E-state index >= 15 is 0 Å². The number of rotatable bonds is 7. The molecule has 0 fully saturated rings. The van der Waals surface area contributed by atoms with Crippen LogP contribution >= 0.6 is 0 Å². The third kappa shape index (κ3) is 4.95. The first-order chi connectivity index (χ1) is 17.3. The minimum absolute atomic E-state index is 0.0721. The maximum absolute atomic E-state index is 13.7. The van der Waals surface area contributed by atoms with Gasteiger partial charge in [-0.05, 0) is 36.1 Å². The third-order valence-electron chi connectivity index (χ3n) is 6.09. The van der Waals surface area contributed by atoms with Gasteiger partial charge in [-0.15, -0.1) is 0 Å². The first-order valence-electron chi connectivity index (χ1n) is 11.7. The molecule has 2 heterocycles. The summed E-state index contributed by atoms with van der Waals surface area (Å²) >= 11 is 0. The van der Waals surface area contributed by atoms with Gasteiger partial charge in [0.25, 0.3) is 15.9 Å². The molecule has 11 heteroatoms. The Labute approximate surface area is 214 Å². The molecule has 4 rings (SSSR count). The number of amides is 1. The highest BCUT2D eigenvalue weighted by molar-refractivity contribution is 7.91. The summed E-state index contributed by atoms with van der Waals surface area (Å²) in [6.45, 7) is 7.19. The Bertz CT molecular complexity index is 1430. The summed E-state index contributed by atoms with van der Waals surface area (Å²) in [6.07, 6.45) is 0. The summed E-state index contributed by atoms with van der Waals surface area (Å²) < 4.78 is 48.4. The van der Waals surface area contributed by atoms with Gasteiger partial charge in [-0.25, -0.2) is 4.39 Å². The number of nitrogens with one attached hydrogen (secondary N) is 1. The van der Waals surface area contributed by atoms with Crippen LogP contribution in [-0.2, 0) is 30.9 Å². The lowest BCUT2D eigenvalue weighted by atomic mass is 9.84. The number of hydrogen-bond acceptors (Lipinski definition) is 7. The van der Waals surface area contributed by atoms with E-state index in [4.69, 9.17) is 4.74 Å². The molecule has 1 amide bonds. The summed E-state index contributed by atoms with van der Waals surface area (Å²) in [4.78, 5) is 26.8. The van der Waals surface area contributed by atoms with Crippen LogP contribution in [0.2, 0.25) is 0 Å². The summed E-state index contributed by atoms with van der Waals surface area (Å²) in [5.41, 5.74) is -0.0683. The largest absolute Gasteiger partial charge is 0.509 e. The zero-order chi connectivity index (χ0) is 27.1. The van der Waals surface area contributed by atoms with E-state index in [1.165, 1.54) is 29.2 Å². The van der Waals surface area contributed by atoms with Crippen molar-refractivity contribution in [2.24, 2.45) is 9.81 Å². The topological polar surface area (TPSA) is 125 Å². The number of ether oxygens (including phenoxy) is 1. The fraction of sp³-hybridized carbons (Fsp3) is 0.346. The van der Waals surface area contributed by atoms with Crippen LogP contribution in [0.1, 0.15) is 38.8 Å². The number of aliphatic hydroxyl groups is 1. The molecule has 0 saturated carbocycles. The van der Waals surface area contributed by atoms with Gasteiger partial charge in [0.1, 0.15) is 34.3 Å². The van der Waals surface area contributed by atoms with E-state index in [9.17, 15) is 27.5 Å². The van der Waals surface area contributed by atoms with Crippen LogP contribution in [0.25, 0.3) is 0 Å². The van der Waals surface area contributed by atoms with Crippen LogP contribution in [0.5, 0.6) is 0 Å². The molecule has 0 radical (unpaired) electrons. The van der Waals surface area contributed by atoms with Gasteiger partial charge in [0, 0.05) is 12.1 Å². The maximum atomic E-state index is 13.7. The van der Waals surface area contributed by atoms with Crippen molar-refractivity contribution in [2.75, 3.05) is 18.5 Å². The number of nitrogens with zero attached hydrogens (tertiary/aromatic N) is 2. The van der Waals surface area contributed by atoms with Crippen LogP contribution < -0.4 is 5.32 Å². The second-order valence-electron chi connectivity index (χ2n) is 9.84. The molecule has 196 valence electrons. The van der Waals surface area contributed by atoms with E-state index in [1.54, 1.807) is 25.1 Å². The molecule has 0 unspecified atom stereocenters. The highest BCUT2D eigenvalue weighted by atomic mass is 32.2. The second-order valence-corrected chi connectivity index (χ2v) is 11.4. The number of benzene rings is 2. The number of halogens is 1. The van der Waals surface area contributed by atoms with Gasteiger partial charge in [0.2, 0.25) is 0 Å². The van der Waals surface area contributed by atoms with Crippen molar-refractivity contribution < 1.29 is 32.2 Å². The van der Waals surface area contributed by atoms with Gasteiger partial charge in [-0.1, -0.05) is 45.0 Å². The van der Waals surface area contributed by atoms with E-state index < -0.39 is 39.2 Å². The lowest BCUT2D eigenvalue weighted by Gasteiger charge is -2.35. The molecule has 2 aromatic carbocycles. The van der Waals surface area contributed by atoms with Crippen molar-refractivity contribution in [1.82, 2.24) is 4.90 Å². The van der Waals surface area contributed by atoms with Gasteiger partial charge < -0.3 is 20.1 Å². The molecule has 2 aliphatic rings. The molecular formula is C26H28FN3O6S. The molecule has 9 nitrogen and oxygen atoms in total. The first kappa shape index (κ1) is 26.3. The normalized spacial score (nSPS) is 18.6. The van der Waals surface area contributed by atoms with Gasteiger partial charge in [0.15, 0.2) is 0 Å². The van der Waals surface area contributed by atoms with Crippen LogP contribution in [-0.4, -0.2) is 55.2 Å². The van der Waals surface area contributed by atoms with Crippen LogP contribution in [0.4, 0.5) is 10.1 Å². The van der Waals surface area contributed by atoms with E-state index in [0.717, 1.165) is 0 Å². The van der Waals surface area contributed by atoms with Crippen molar-refractivity contribution in [3.8, 4) is 0 Å². The summed E-state index contributed by atoms with van der Waals surface area (Å²) in [6, 6.07) is 9.43. The number of fused-ring (bicyclic) bond motifs is 1. The minimum atomic E-state index is -4.25. The summed E-state index contributed by atoms with van der Waals surface area (Å²) in [5.74, 6) is -1.85. The third-order valence-corrected chi connectivity index (χ3v) is 7.47. The highest BCUT2D eigenvalue weighted by Crippen LogP contribution is 2.42. The fourth-order valence-corrected chi connectivity index (χ4v) is 6.00. The monoisotopic (exact) mass is 529 g/mol. The highest BCUT2D eigenvalue weighted by Gasteiger charge is 2.49.